The highest BCUT2D eigenvalue weighted by Gasteiger charge is 2.20. The highest BCUT2D eigenvalue weighted by molar-refractivity contribution is 6.12. The van der Waals surface area contributed by atoms with E-state index in [1.165, 1.54) is 44.2 Å². The second-order valence-corrected chi connectivity index (χ2v) is 16.6. The molecule has 2 aromatic heterocycles. The van der Waals surface area contributed by atoms with Gasteiger partial charge in [-0.15, -0.1) is 0 Å². The Morgan fingerprint density at radius 3 is 0.938 bits per heavy atom. The highest BCUT2D eigenvalue weighted by atomic mass is 15.1. The molecule has 0 bridgehead atoms. The molecule has 4 nitrogen and oxygen atoms in total. The van der Waals surface area contributed by atoms with Crippen molar-refractivity contribution < 1.29 is 0 Å². The van der Waals surface area contributed by atoms with Crippen LogP contribution in [0.4, 0.5) is 34.1 Å². The molecule has 0 spiro atoms. The van der Waals surface area contributed by atoms with Gasteiger partial charge in [0.15, 0.2) is 0 Å². The van der Waals surface area contributed by atoms with Gasteiger partial charge in [0.05, 0.1) is 11.0 Å². The van der Waals surface area contributed by atoms with E-state index in [1.807, 2.05) is 0 Å². The molecule has 0 unspecified atom stereocenters. The zero-order chi connectivity index (χ0) is 43.7. The largest absolute Gasteiger partial charge is 0.310 e. The van der Waals surface area contributed by atoms with Gasteiger partial charge in [0.1, 0.15) is 0 Å². The molecule has 11 rings (SSSR count). The van der Waals surface area contributed by atoms with Crippen molar-refractivity contribution in [1.82, 2.24) is 9.55 Å². The second-order valence-electron chi connectivity index (χ2n) is 16.6. The van der Waals surface area contributed by atoms with Gasteiger partial charge in [0, 0.05) is 62.0 Å². The molecule has 0 aliphatic heterocycles. The lowest BCUT2D eigenvalue weighted by atomic mass is 9.98. The van der Waals surface area contributed by atoms with E-state index < -0.39 is 0 Å². The molecule has 65 heavy (non-hydrogen) atoms. The minimum atomic E-state index is 1.04. The molecular formula is C61H46N4. The first-order valence-electron chi connectivity index (χ1n) is 22.2. The van der Waals surface area contributed by atoms with Gasteiger partial charge in [-0.25, -0.2) is 0 Å². The van der Waals surface area contributed by atoms with Crippen LogP contribution in [0.25, 0.3) is 60.9 Å². The maximum absolute atomic E-state index is 4.55. The number of para-hydroxylation sites is 4. The summed E-state index contributed by atoms with van der Waals surface area (Å²) in [6.07, 6.45) is 0. The molecule has 0 saturated heterocycles. The van der Waals surface area contributed by atoms with E-state index >= 15 is 0 Å². The number of fused-ring (bicyclic) bond motifs is 3. The number of anilines is 6. The van der Waals surface area contributed by atoms with Crippen molar-refractivity contribution in [2.45, 2.75) is 13.8 Å². The average molecular weight is 835 g/mol. The summed E-state index contributed by atoms with van der Waals surface area (Å²) in [5.41, 5.74) is 19.2. The van der Waals surface area contributed by atoms with Crippen molar-refractivity contribution in [2.24, 2.45) is 0 Å². The van der Waals surface area contributed by atoms with E-state index in [0.717, 1.165) is 62.2 Å². The monoisotopic (exact) mass is 834 g/mol. The molecule has 9 aromatic carbocycles. The summed E-state index contributed by atoms with van der Waals surface area (Å²) in [5, 5.41) is 2.35. The van der Waals surface area contributed by atoms with Crippen molar-refractivity contribution in [1.29, 1.82) is 0 Å². The summed E-state index contributed by atoms with van der Waals surface area (Å²) in [6.45, 7) is 4.10. The normalized spacial score (nSPS) is 11.2. The van der Waals surface area contributed by atoms with Crippen LogP contribution in [0.1, 0.15) is 11.4 Å². The summed E-state index contributed by atoms with van der Waals surface area (Å²) in [7, 11) is 0. The lowest BCUT2D eigenvalue weighted by Gasteiger charge is -2.26. The number of hydrogen-bond acceptors (Lipinski definition) is 3. The Labute approximate surface area is 380 Å². The Hall–Kier alpha value is -8.47. The van der Waals surface area contributed by atoms with E-state index in [4.69, 9.17) is 0 Å². The lowest BCUT2D eigenvalue weighted by molar-refractivity contribution is 1.12. The number of hydrogen-bond donors (Lipinski definition) is 0. The molecular weight excluding hydrogens is 789 g/mol. The third-order valence-electron chi connectivity index (χ3n) is 12.3. The SMILES string of the molecule is Cc1cc(-c2ccc(-c3ccc(-c4ccc(-n5c6ccc(N(c7ccccc7)c7ccccc7)cc6c6cc(N(c7ccccc7)c7ccccc7)ccc65)cc4)cc3)cc2)cc(C)n1. The molecule has 310 valence electrons. The Morgan fingerprint density at radius 1 is 0.292 bits per heavy atom. The molecule has 0 amide bonds. The zero-order valence-electron chi connectivity index (χ0n) is 36.4. The Bertz CT molecular complexity index is 3160. The molecule has 0 aliphatic rings. The van der Waals surface area contributed by atoms with E-state index in [1.54, 1.807) is 0 Å². The molecule has 0 N–H and O–H groups in total. The van der Waals surface area contributed by atoms with Gasteiger partial charge in [0.2, 0.25) is 0 Å². The zero-order valence-corrected chi connectivity index (χ0v) is 36.4. The van der Waals surface area contributed by atoms with Gasteiger partial charge in [-0.05, 0) is 156 Å². The maximum atomic E-state index is 4.55. The molecule has 0 saturated carbocycles. The molecule has 11 aromatic rings. The van der Waals surface area contributed by atoms with Gasteiger partial charge < -0.3 is 14.4 Å². The van der Waals surface area contributed by atoms with Crippen molar-refractivity contribution in [3.8, 4) is 39.1 Å². The molecule has 0 aliphatic carbocycles. The van der Waals surface area contributed by atoms with Gasteiger partial charge in [0.25, 0.3) is 0 Å². The summed E-state index contributed by atoms with van der Waals surface area (Å²) in [4.78, 5) is 9.23. The average Bonchev–Trinajstić information content (AvgIpc) is 3.68. The minimum absolute atomic E-state index is 1.04. The van der Waals surface area contributed by atoms with Crippen LogP contribution in [0.2, 0.25) is 0 Å². The third kappa shape index (κ3) is 7.72. The van der Waals surface area contributed by atoms with Crippen LogP contribution in [-0.4, -0.2) is 9.55 Å². The minimum Gasteiger partial charge on any atom is -0.310 e. The highest BCUT2D eigenvalue weighted by Crippen LogP contribution is 2.43. The number of aromatic nitrogens is 2. The van der Waals surface area contributed by atoms with Crippen LogP contribution in [0.5, 0.6) is 0 Å². The smallest absolute Gasteiger partial charge is 0.0542 e. The summed E-state index contributed by atoms with van der Waals surface area (Å²) in [6, 6.07) is 87.4. The van der Waals surface area contributed by atoms with Gasteiger partial charge in [-0.2, -0.15) is 0 Å². The number of aryl methyl sites for hydroxylation is 2. The van der Waals surface area contributed by atoms with Crippen LogP contribution in [0.15, 0.2) is 243 Å². The van der Waals surface area contributed by atoms with E-state index in [2.05, 4.69) is 276 Å². The Balaban J connectivity index is 0.992. The van der Waals surface area contributed by atoms with Crippen molar-refractivity contribution in [3.05, 3.63) is 254 Å². The molecule has 0 fully saturated rings. The first kappa shape index (κ1) is 39.4. The number of nitrogens with zero attached hydrogens (tertiary/aromatic N) is 4. The van der Waals surface area contributed by atoms with Crippen molar-refractivity contribution in [3.63, 3.8) is 0 Å². The molecule has 4 heteroatoms. The fourth-order valence-electron chi connectivity index (χ4n) is 9.27. The van der Waals surface area contributed by atoms with Crippen molar-refractivity contribution in [2.75, 3.05) is 9.80 Å². The Kier molecular flexibility index (Phi) is 10.3. The number of pyridine rings is 1. The molecule has 0 radical (unpaired) electrons. The standard InChI is InChI=1S/C61H46N4/c1-43-39-50(40-44(2)62-43)49-29-27-46(28-30-49)45-23-25-47(26-24-45)48-31-33-55(34-32-48)65-60-37-35-56(63(51-15-7-3-8-16-51)52-17-9-4-10-18-52)41-58(60)59-42-57(36-38-61(59)65)64(53-19-11-5-12-20-53)54-21-13-6-14-22-54/h3-42H,1-2H3. The van der Waals surface area contributed by atoms with Crippen LogP contribution >= 0.6 is 0 Å². The van der Waals surface area contributed by atoms with Crippen LogP contribution in [0.3, 0.4) is 0 Å². The van der Waals surface area contributed by atoms with E-state index in [9.17, 15) is 0 Å². The summed E-state index contributed by atoms with van der Waals surface area (Å²) in [5.74, 6) is 0. The van der Waals surface area contributed by atoms with Gasteiger partial charge >= 0.3 is 0 Å². The van der Waals surface area contributed by atoms with Gasteiger partial charge in [-0.1, -0.05) is 133 Å². The third-order valence-corrected chi connectivity index (χ3v) is 12.3. The second kappa shape index (κ2) is 17.0. The van der Waals surface area contributed by atoms with E-state index in [0.29, 0.717) is 0 Å². The molecule has 0 atom stereocenters. The van der Waals surface area contributed by atoms with Crippen LogP contribution < -0.4 is 9.80 Å². The summed E-state index contributed by atoms with van der Waals surface area (Å²) >= 11 is 0. The number of rotatable bonds is 10. The Morgan fingerprint density at radius 2 is 0.600 bits per heavy atom. The summed E-state index contributed by atoms with van der Waals surface area (Å²) < 4.78 is 2.41. The van der Waals surface area contributed by atoms with E-state index in [-0.39, 0.29) is 0 Å². The predicted molar refractivity (Wildman–Crippen MR) is 274 cm³/mol. The quantitative estimate of drug-likeness (QED) is 0.137. The fraction of sp³-hybridized carbons (Fsp3) is 0.0328. The first-order valence-corrected chi connectivity index (χ1v) is 22.2. The van der Waals surface area contributed by atoms with Crippen molar-refractivity contribution >= 4 is 55.9 Å². The fourth-order valence-corrected chi connectivity index (χ4v) is 9.27. The first-order chi connectivity index (χ1) is 32.0. The molecule has 2 heterocycles. The maximum Gasteiger partial charge on any atom is 0.0542 e. The predicted octanol–water partition coefficient (Wildman–Crippen LogP) is 16.7. The van der Waals surface area contributed by atoms with Crippen LogP contribution in [-0.2, 0) is 0 Å². The topological polar surface area (TPSA) is 24.3 Å². The van der Waals surface area contributed by atoms with Crippen LogP contribution in [0, 0.1) is 13.8 Å². The van der Waals surface area contributed by atoms with Gasteiger partial charge in [-0.3, -0.25) is 4.98 Å². The lowest BCUT2D eigenvalue weighted by Crippen LogP contribution is -2.09. The number of benzene rings is 9.